The summed E-state index contributed by atoms with van der Waals surface area (Å²) < 4.78 is 0. The van der Waals surface area contributed by atoms with E-state index < -0.39 is 0 Å². The molecular weight excluding hydrogens is 178 g/mol. The van der Waals surface area contributed by atoms with Crippen LogP contribution in [0.4, 0.5) is 4.79 Å². The van der Waals surface area contributed by atoms with Gasteiger partial charge in [-0.1, -0.05) is 0 Å². The second kappa shape index (κ2) is 3.87. The van der Waals surface area contributed by atoms with Gasteiger partial charge in [0.2, 0.25) is 0 Å². The third kappa shape index (κ3) is 2.63. The van der Waals surface area contributed by atoms with Crippen molar-refractivity contribution < 1.29 is 4.79 Å². The molecule has 4 nitrogen and oxygen atoms in total. The SMILES string of the molecule is CC(C)(C)NC(=O)N1CCCC1C#N. The predicted octanol–water partition coefficient (Wildman–Crippen LogP) is 1.48. The van der Waals surface area contributed by atoms with Gasteiger partial charge in [0.15, 0.2) is 0 Å². The molecule has 78 valence electrons. The molecular formula is C10H17N3O. The molecule has 1 rings (SSSR count). The van der Waals surface area contributed by atoms with Crippen LogP contribution in [0, 0.1) is 11.3 Å². The first-order valence-corrected chi connectivity index (χ1v) is 4.92. The van der Waals surface area contributed by atoms with Gasteiger partial charge in [-0.05, 0) is 33.6 Å². The number of amides is 2. The van der Waals surface area contributed by atoms with Gasteiger partial charge in [0.1, 0.15) is 6.04 Å². The molecule has 0 bridgehead atoms. The Bertz CT molecular complexity index is 262. The molecule has 1 unspecified atom stereocenters. The monoisotopic (exact) mass is 195 g/mol. The second-order valence-electron chi connectivity index (χ2n) is 4.66. The van der Waals surface area contributed by atoms with Crippen LogP contribution in [0.25, 0.3) is 0 Å². The van der Waals surface area contributed by atoms with E-state index in [0.29, 0.717) is 6.54 Å². The van der Waals surface area contributed by atoms with Crippen LogP contribution in [0.15, 0.2) is 0 Å². The molecule has 1 N–H and O–H groups in total. The molecule has 0 aromatic heterocycles. The number of nitrogens with zero attached hydrogens (tertiary/aromatic N) is 2. The van der Waals surface area contributed by atoms with Gasteiger partial charge in [-0.3, -0.25) is 0 Å². The normalized spacial score (nSPS) is 21.9. The van der Waals surface area contributed by atoms with Crippen LogP contribution < -0.4 is 5.32 Å². The molecule has 0 aromatic rings. The van der Waals surface area contributed by atoms with Crippen molar-refractivity contribution in [3.8, 4) is 6.07 Å². The molecule has 1 aliphatic heterocycles. The van der Waals surface area contributed by atoms with Crippen molar-refractivity contribution in [2.45, 2.75) is 45.2 Å². The number of rotatable bonds is 0. The Morgan fingerprint density at radius 2 is 2.21 bits per heavy atom. The van der Waals surface area contributed by atoms with Gasteiger partial charge in [0.25, 0.3) is 0 Å². The molecule has 0 radical (unpaired) electrons. The minimum absolute atomic E-state index is 0.124. The molecule has 4 heteroatoms. The lowest BCUT2D eigenvalue weighted by Crippen LogP contribution is -2.49. The summed E-state index contributed by atoms with van der Waals surface area (Å²) in [5.41, 5.74) is -0.236. The lowest BCUT2D eigenvalue weighted by Gasteiger charge is -2.26. The van der Waals surface area contributed by atoms with Crippen molar-refractivity contribution in [3.05, 3.63) is 0 Å². The zero-order valence-electron chi connectivity index (χ0n) is 9.00. The Kier molecular flexibility index (Phi) is 3.00. The van der Waals surface area contributed by atoms with Gasteiger partial charge in [-0.25, -0.2) is 4.79 Å². The smallest absolute Gasteiger partial charge is 0.318 e. The van der Waals surface area contributed by atoms with E-state index in [9.17, 15) is 4.79 Å². The molecule has 1 saturated heterocycles. The highest BCUT2D eigenvalue weighted by Gasteiger charge is 2.30. The van der Waals surface area contributed by atoms with Crippen LogP contribution in [-0.2, 0) is 0 Å². The minimum atomic E-state index is -0.239. The van der Waals surface area contributed by atoms with E-state index in [0.717, 1.165) is 12.8 Å². The summed E-state index contributed by atoms with van der Waals surface area (Å²) in [4.78, 5) is 13.3. The number of hydrogen-bond donors (Lipinski definition) is 1. The van der Waals surface area contributed by atoms with Gasteiger partial charge in [0.05, 0.1) is 6.07 Å². The number of hydrogen-bond acceptors (Lipinski definition) is 2. The average molecular weight is 195 g/mol. The highest BCUT2D eigenvalue weighted by molar-refractivity contribution is 5.76. The summed E-state index contributed by atoms with van der Waals surface area (Å²) in [6.07, 6.45) is 1.73. The Morgan fingerprint density at radius 3 is 2.71 bits per heavy atom. The van der Waals surface area contributed by atoms with Crippen LogP contribution in [0.3, 0.4) is 0 Å². The van der Waals surface area contributed by atoms with Crippen LogP contribution in [0.5, 0.6) is 0 Å². The van der Waals surface area contributed by atoms with Gasteiger partial charge < -0.3 is 10.2 Å². The highest BCUT2D eigenvalue weighted by atomic mass is 16.2. The zero-order chi connectivity index (χ0) is 10.8. The van der Waals surface area contributed by atoms with E-state index in [1.165, 1.54) is 0 Å². The third-order valence-electron chi connectivity index (χ3n) is 2.14. The van der Waals surface area contributed by atoms with Crippen molar-refractivity contribution in [1.82, 2.24) is 10.2 Å². The highest BCUT2D eigenvalue weighted by Crippen LogP contribution is 2.16. The molecule has 0 aliphatic carbocycles. The van der Waals surface area contributed by atoms with Crippen LogP contribution in [0.1, 0.15) is 33.6 Å². The van der Waals surface area contributed by atoms with E-state index in [1.807, 2.05) is 20.8 Å². The average Bonchev–Trinajstić information content (AvgIpc) is 2.47. The summed E-state index contributed by atoms with van der Waals surface area (Å²) in [7, 11) is 0. The van der Waals surface area contributed by atoms with Gasteiger partial charge in [-0.15, -0.1) is 0 Å². The minimum Gasteiger partial charge on any atom is -0.333 e. The molecule has 0 saturated carbocycles. The molecule has 2 amide bonds. The first-order chi connectivity index (χ1) is 6.44. The fourth-order valence-electron chi connectivity index (χ4n) is 1.54. The molecule has 0 spiro atoms. The fourth-order valence-corrected chi connectivity index (χ4v) is 1.54. The maximum atomic E-state index is 11.7. The third-order valence-corrected chi connectivity index (χ3v) is 2.14. The van der Waals surface area contributed by atoms with Crippen molar-refractivity contribution in [1.29, 1.82) is 5.26 Å². The summed E-state index contributed by atoms with van der Waals surface area (Å²) in [5.74, 6) is 0. The van der Waals surface area contributed by atoms with E-state index in [2.05, 4.69) is 11.4 Å². The van der Waals surface area contributed by atoms with Gasteiger partial charge in [-0.2, -0.15) is 5.26 Å². The molecule has 1 heterocycles. The Labute approximate surface area is 84.9 Å². The number of carbonyl (C=O) groups excluding carboxylic acids is 1. The topological polar surface area (TPSA) is 56.1 Å². The number of carbonyl (C=O) groups is 1. The van der Waals surface area contributed by atoms with Crippen molar-refractivity contribution in [2.75, 3.05) is 6.54 Å². The number of nitriles is 1. The number of nitrogens with one attached hydrogen (secondary N) is 1. The summed E-state index contributed by atoms with van der Waals surface area (Å²) in [5, 5.41) is 11.7. The molecule has 0 aromatic carbocycles. The Hall–Kier alpha value is -1.24. The van der Waals surface area contributed by atoms with Crippen LogP contribution in [-0.4, -0.2) is 29.1 Å². The van der Waals surface area contributed by atoms with E-state index in [4.69, 9.17) is 5.26 Å². The molecule has 14 heavy (non-hydrogen) atoms. The summed E-state index contributed by atoms with van der Waals surface area (Å²) in [6.45, 7) is 6.49. The first kappa shape index (κ1) is 10.8. The standard InChI is InChI=1S/C10H17N3O/c1-10(2,3)12-9(14)13-6-4-5-8(13)7-11/h8H,4-6H2,1-3H3,(H,12,14). The quantitative estimate of drug-likeness (QED) is 0.636. The molecule has 1 aliphatic rings. The van der Waals surface area contributed by atoms with E-state index in [1.54, 1.807) is 4.90 Å². The zero-order valence-corrected chi connectivity index (χ0v) is 9.00. The number of urea groups is 1. The van der Waals surface area contributed by atoms with Crippen molar-refractivity contribution in [3.63, 3.8) is 0 Å². The van der Waals surface area contributed by atoms with E-state index in [-0.39, 0.29) is 17.6 Å². The number of likely N-dealkylation sites (tertiary alicyclic amines) is 1. The van der Waals surface area contributed by atoms with Gasteiger partial charge >= 0.3 is 6.03 Å². The Balaban J connectivity index is 2.57. The summed E-state index contributed by atoms with van der Waals surface area (Å²) >= 11 is 0. The van der Waals surface area contributed by atoms with Crippen LogP contribution >= 0.6 is 0 Å². The maximum Gasteiger partial charge on any atom is 0.318 e. The molecule has 1 atom stereocenters. The van der Waals surface area contributed by atoms with Crippen molar-refractivity contribution >= 4 is 6.03 Å². The van der Waals surface area contributed by atoms with Crippen LogP contribution in [0.2, 0.25) is 0 Å². The Morgan fingerprint density at radius 1 is 1.57 bits per heavy atom. The summed E-state index contributed by atoms with van der Waals surface area (Å²) in [6, 6.07) is 1.78. The maximum absolute atomic E-state index is 11.7. The second-order valence-corrected chi connectivity index (χ2v) is 4.66. The fraction of sp³-hybridized carbons (Fsp3) is 0.800. The van der Waals surface area contributed by atoms with E-state index >= 15 is 0 Å². The lowest BCUT2D eigenvalue weighted by atomic mass is 10.1. The lowest BCUT2D eigenvalue weighted by molar-refractivity contribution is 0.192. The predicted molar refractivity (Wildman–Crippen MR) is 53.6 cm³/mol. The van der Waals surface area contributed by atoms with Gasteiger partial charge in [0, 0.05) is 12.1 Å². The first-order valence-electron chi connectivity index (χ1n) is 4.92. The van der Waals surface area contributed by atoms with Crippen molar-refractivity contribution in [2.24, 2.45) is 0 Å². The largest absolute Gasteiger partial charge is 0.333 e. The molecule has 1 fully saturated rings.